The van der Waals surface area contributed by atoms with Gasteiger partial charge in [-0.1, -0.05) is 15.9 Å². The van der Waals surface area contributed by atoms with Gasteiger partial charge in [-0.15, -0.1) is 0 Å². The van der Waals surface area contributed by atoms with Gasteiger partial charge in [0.05, 0.1) is 11.4 Å². The minimum Gasteiger partial charge on any atom is -0.441 e. The quantitative estimate of drug-likeness (QED) is 0.713. The van der Waals surface area contributed by atoms with Gasteiger partial charge in [-0.05, 0) is 30.3 Å². The molecule has 0 radical (unpaired) electrons. The van der Waals surface area contributed by atoms with Crippen molar-refractivity contribution < 1.29 is 4.42 Å². The zero-order chi connectivity index (χ0) is 14.3. The lowest BCUT2D eigenvalue weighted by atomic mass is 10.2. The zero-order valence-corrected chi connectivity index (χ0v) is 12.8. The van der Waals surface area contributed by atoms with Crippen molar-refractivity contribution in [1.82, 2.24) is 4.98 Å². The summed E-state index contributed by atoms with van der Waals surface area (Å²) >= 11 is 3.42. The van der Waals surface area contributed by atoms with Crippen molar-refractivity contribution in [2.24, 2.45) is 0 Å². The Labute approximate surface area is 125 Å². The topological polar surface area (TPSA) is 55.3 Å². The van der Waals surface area contributed by atoms with E-state index in [-0.39, 0.29) is 0 Å². The molecule has 2 N–H and O–H groups in total. The number of aryl methyl sites for hydroxylation is 1. The standard InChI is InChI=1S/C15H14BrN3O/c1-9-18-13-5-4-11(8-15(13)20-9)19(2)14-6-3-10(16)7-12(14)17/h3-8H,17H2,1-2H3. The van der Waals surface area contributed by atoms with Gasteiger partial charge in [0.25, 0.3) is 0 Å². The van der Waals surface area contributed by atoms with Gasteiger partial charge in [0.2, 0.25) is 0 Å². The molecular formula is C15H14BrN3O. The molecule has 0 amide bonds. The van der Waals surface area contributed by atoms with Crippen LogP contribution < -0.4 is 10.6 Å². The lowest BCUT2D eigenvalue weighted by Crippen LogP contribution is -2.11. The van der Waals surface area contributed by atoms with E-state index in [9.17, 15) is 0 Å². The highest BCUT2D eigenvalue weighted by atomic mass is 79.9. The molecule has 3 aromatic rings. The molecule has 1 aromatic heterocycles. The molecule has 20 heavy (non-hydrogen) atoms. The number of oxazole rings is 1. The van der Waals surface area contributed by atoms with Gasteiger partial charge < -0.3 is 15.1 Å². The molecule has 2 aromatic carbocycles. The number of nitrogen functional groups attached to an aromatic ring is 1. The van der Waals surface area contributed by atoms with Crippen LogP contribution in [0, 0.1) is 6.92 Å². The molecule has 0 unspecified atom stereocenters. The highest BCUT2D eigenvalue weighted by Gasteiger charge is 2.10. The molecule has 1 heterocycles. The lowest BCUT2D eigenvalue weighted by Gasteiger charge is -2.21. The first kappa shape index (κ1) is 13.0. The average Bonchev–Trinajstić information content (AvgIpc) is 2.77. The summed E-state index contributed by atoms with van der Waals surface area (Å²) in [6, 6.07) is 11.8. The number of benzene rings is 2. The zero-order valence-electron chi connectivity index (χ0n) is 11.2. The maximum absolute atomic E-state index is 6.07. The van der Waals surface area contributed by atoms with Gasteiger partial charge in [0.1, 0.15) is 5.52 Å². The molecule has 0 aliphatic heterocycles. The predicted octanol–water partition coefficient (Wildman–Crippen LogP) is 4.25. The van der Waals surface area contributed by atoms with Crippen molar-refractivity contribution >= 4 is 44.1 Å². The second kappa shape index (κ2) is 4.83. The smallest absolute Gasteiger partial charge is 0.192 e. The highest BCUT2D eigenvalue weighted by molar-refractivity contribution is 9.10. The highest BCUT2D eigenvalue weighted by Crippen LogP contribution is 2.32. The molecule has 0 spiro atoms. The number of nitrogens with zero attached hydrogens (tertiary/aromatic N) is 2. The van der Waals surface area contributed by atoms with E-state index in [1.807, 2.05) is 55.3 Å². The van der Waals surface area contributed by atoms with E-state index < -0.39 is 0 Å². The minimum atomic E-state index is 0.669. The van der Waals surface area contributed by atoms with Crippen LogP contribution >= 0.6 is 15.9 Å². The summed E-state index contributed by atoms with van der Waals surface area (Å²) in [6.45, 7) is 1.84. The van der Waals surface area contributed by atoms with E-state index >= 15 is 0 Å². The van der Waals surface area contributed by atoms with Crippen LogP contribution in [0.3, 0.4) is 0 Å². The number of anilines is 3. The first-order valence-electron chi connectivity index (χ1n) is 6.20. The second-order valence-corrected chi connectivity index (χ2v) is 5.56. The summed E-state index contributed by atoms with van der Waals surface area (Å²) in [5, 5.41) is 0. The Morgan fingerprint density at radius 3 is 2.75 bits per heavy atom. The van der Waals surface area contributed by atoms with Gasteiger partial charge in [0, 0.05) is 30.2 Å². The largest absolute Gasteiger partial charge is 0.441 e. The van der Waals surface area contributed by atoms with E-state index in [0.717, 1.165) is 32.6 Å². The van der Waals surface area contributed by atoms with Gasteiger partial charge >= 0.3 is 0 Å². The van der Waals surface area contributed by atoms with Crippen LogP contribution in [0.25, 0.3) is 11.1 Å². The molecular weight excluding hydrogens is 318 g/mol. The summed E-state index contributed by atoms with van der Waals surface area (Å²) < 4.78 is 6.53. The van der Waals surface area contributed by atoms with Crippen molar-refractivity contribution in [3.05, 3.63) is 46.8 Å². The van der Waals surface area contributed by atoms with Crippen molar-refractivity contribution in [3.63, 3.8) is 0 Å². The summed E-state index contributed by atoms with van der Waals surface area (Å²) in [5.74, 6) is 0.669. The number of hydrogen-bond acceptors (Lipinski definition) is 4. The number of fused-ring (bicyclic) bond motifs is 1. The fourth-order valence-electron chi connectivity index (χ4n) is 2.21. The van der Waals surface area contributed by atoms with Crippen LogP contribution in [-0.4, -0.2) is 12.0 Å². The van der Waals surface area contributed by atoms with Crippen LogP contribution in [0.5, 0.6) is 0 Å². The number of aromatic nitrogens is 1. The molecule has 0 aliphatic rings. The minimum absolute atomic E-state index is 0.669. The number of rotatable bonds is 2. The van der Waals surface area contributed by atoms with Crippen LogP contribution in [0.4, 0.5) is 17.1 Å². The van der Waals surface area contributed by atoms with Crippen LogP contribution in [-0.2, 0) is 0 Å². The molecule has 0 atom stereocenters. The Morgan fingerprint density at radius 1 is 1.20 bits per heavy atom. The molecule has 102 valence electrons. The SMILES string of the molecule is Cc1nc2ccc(N(C)c3ccc(Br)cc3N)cc2o1. The van der Waals surface area contributed by atoms with E-state index in [4.69, 9.17) is 10.2 Å². The van der Waals surface area contributed by atoms with Gasteiger partial charge in [-0.3, -0.25) is 0 Å². The van der Waals surface area contributed by atoms with Gasteiger partial charge in [-0.2, -0.15) is 0 Å². The number of nitrogens with two attached hydrogens (primary N) is 1. The van der Waals surface area contributed by atoms with E-state index in [0.29, 0.717) is 5.89 Å². The third kappa shape index (κ3) is 2.25. The molecule has 5 heteroatoms. The molecule has 0 saturated heterocycles. The summed E-state index contributed by atoms with van der Waals surface area (Å²) in [7, 11) is 1.98. The Balaban J connectivity index is 2.04. The van der Waals surface area contributed by atoms with Gasteiger partial charge in [0.15, 0.2) is 11.5 Å². The Morgan fingerprint density at radius 2 is 2.00 bits per heavy atom. The van der Waals surface area contributed by atoms with Crippen LogP contribution in [0.15, 0.2) is 45.3 Å². The molecule has 4 nitrogen and oxygen atoms in total. The van der Waals surface area contributed by atoms with Crippen molar-refractivity contribution in [1.29, 1.82) is 0 Å². The monoisotopic (exact) mass is 331 g/mol. The fourth-order valence-corrected chi connectivity index (χ4v) is 2.59. The first-order chi connectivity index (χ1) is 9.54. The Kier molecular flexibility index (Phi) is 3.14. The maximum Gasteiger partial charge on any atom is 0.192 e. The molecule has 0 bridgehead atoms. The van der Waals surface area contributed by atoms with Crippen LogP contribution in [0.1, 0.15) is 5.89 Å². The third-order valence-electron chi connectivity index (χ3n) is 3.22. The summed E-state index contributed by atoms with van der Waals surface area (Å²) in [5.41, 5.74) is 10.4. The second-order valence-electron chi connectivity index (χ2n) is 4.65. The molecule has 0 aliphatic carbocycles. The van der Waals surface area contributed by atoms with Crippen LogP contribution in [0.2, 0.25) is 0 Å². The molecule has 3 rings (SSSR count). The van der Waals surface area contributed by atoms with Crippen molar-refractivity contribution in [2.45, 2.75) is 6.92 Å². The average molecular weight is 332 g/mol. The Bertz CT molecular complexity index is 782. The Hall–Kier alpha value is -2.01. The normalized spacial score (nSPS) is 10.9. The first-order valence-corrected chi connectivity index (χ1v) is 7.00. The fraction of sp³-hybridized carbons (Fsp3) is 0.133. The molecule has 0 fully saturated rings. The van der Waals surface area contributed by atoms with Crippen molar-refractivity contribution in [2.75, 3.05) is 17.7 Å². The number of halogens is 1. The number of hydrogen-bond donors (Lipinski definition) is 1. The summed E-state index contributed by atoms with van der Waals surface area (Å²) in [6.07, 6.45) is 0. The maximum atomic E-state index is 6.07. The van der Waals surface area contributed by atoms with E-state index in [1.54, 1.807) is 0 Å². The predicted molar refractivity (Wildman–Crippen MR) is 85.4 cm³/mol. The van der Waals surface area contributed by atoms with E-state index in [2.05, 4.69) is 20.9 Å². The van der Waals surface area contributed by atoms with Crippen molar-refractivity contribution in [3.8, 4) is 0 Å². The lowest BCUT2D eigenvalue weighted by molar-refractivity contribution is 0.561. The summed E-state index contributed by atoms with van der Waals surface area (Å²) in [4.78, 5) is 6.33. The third-order valence-corrected chi connectivity index (χ3v) is 3.71. The van der Waals surface area contributed by atoms with Gasteiger partial charge in [-0.25, -0.2) is 4.98 Å². The molecule has 0 saturated carbocycles. The van der Waals surface area contributed by atoms with E-state index in [1.165, 1.54) is 0 Å².